The molecule has 0 aliphatic heterocycles. The van der Waals surface area contributed by atoms with E-state index in [0.717, 1.165) is 17.7 Å². The molecule has 1 N–H and O–H groups in total. The molecule has 0 unspecified atom stereocenters. The number of benzene rings is 2. The van der Waals surface area contributed by atoms with Gasteiger partial charge < -0.3 is 9.84 Å². The number of nitrogens with zero attached hydrogens (tertiary/aromatic N) is 2. The summed E-state index contributed by atoms with van der Waals surface area (Å²) in [6.07, 6.45) is -2.64. The van der Waals surface area contributed by atoms with Gasteiger partial charge in [-0.2, -0.15) is 5.10 Å². The molecule has 2 aromatic carbocycles. The average Bonchev–Trinajstić information content (AvgIpc) is 2.91. The SMILES string of the molecule is Cc1ccc(Cn2nc(/C=C/C(=O)O)c3ccc(OC(F)(F)F)cc32)c(Cl)c1. The minimum Gasteiger partial charge on any atom is -0.478 e. The summed E-state index contributed by atoms with van der Waals surface area (Å²) in [5.41, 5.74) is 2.33. The molecule has 0 aliphatic rings. The van der Waals surface area contributed by atoms with Crippen LogP contribution < -0.4 is 4.74 Å². The Kier molecular flexibility index (Phi) is 5.33. The molecule has 0 atom stereocenters. The molecular formula is C19H14ClF3N2O3. The zero-order valence-corrected chi connectivity index (χ0v) is 15.3. The van der Waals surface area contributed by atoms with Gasteiger partial charge in [0.1, 0.15) is 5.75 Å². The van der Waals surface area contributed by atoms with Crippen molar-refractivity contribution in [3.63, 3.8) is 0 Å². The molecule has 0 bridgehead atoms. The van der Waals surface area contributed by atoms with Gasteiger partial charge in [-0.3, -0.25) is 4.68 Å². The predicted octanol–water partition coefficient (Wildman–Crippen LogP) is 5.04. The van der Waals surface area contributed by atoms with E-state index in [2.05, 4.69) is 9.84 Å². The highest BCUT2D eigenvalue weighted by Gasteiger charge is 2.31. The van der Waals surface area contributed by atoms with Crippen molar-refractivity contribution in [2.24, 2.45) is 0 Å². The first-order valence-electron chi connectivity index (χ1n) is 8.05. The van der Waals surface area contributed by atoms with Crippen molar-refractivity contribution >= 4 is 34.5 Å². The number of carboxylic acids is 1. The highest BCUT2D eigenvalue weighted by atomic mass is 35.5. The third-order valence-electron chi connectivity index (χ3n) is 3.90. The second-order valence-corrected chi connectivity index (χ2v) is 6.44. The number of rotatable bonds is 5. The second kappa shape index (κ2) is 7.55. The van der Waals surface area contributed by atoms with Gasteiger partial charge in [-0.25, -0.2) is 4.79 Å². The second-order valence-electron chi connectivity index (χ2n) is 6.04. The van der Waals surface area contributed by atoms with Crippen LogP contribution in [0.25, 0.3) is 17.0 Å². The van der Waals surface area contributed by atoms with E-state index >= 15 is 0 Å². The van der Waals surface area contributed by atoms with Crippen LogP contribution in [0.5, 0.6) is 5.75 Å². The fourth-order valence-corrected chi connectivity index (χ4v) is 3.01. The number of alkyl halides is 3. The Bertz CT molecular complexity index is 1070. The van der Waals surface area contributed by atoms with Gasteiger partial charge in [0, 0.05) is 22.6 Å². The lowest BCUT2D eigenvalue weighted by Crippen LogP contribution is -2.17. The molecule has 0 saturated heterocycles. The summed E-state index contributed by atoms with van der Waals surface area (Å²) in [6.45, 7) is 2.07. The quantitative estimate of drug-likeness (QED) is 0.598. The van der Waals surface area contributed by atoms with E-state index in [4.69, 9.17) is 16.7 Å². The van der Waals surface area contributed by atoms with Crippen molar-refractivity contribution in [3.05, 3.63) is 64.3 Å². The molecule has 0 amide bonds. The van der Waals surface area contributed by atoms with Crippen molar-refractivity contribution in [1.29, 1.82) is 0 Å². The molecule has 1 heterocycles. The van der Waals surface area contributed by atoms with Gasteiger partial charge in [0.05, 0.1) is 17.8 Å². The van der Waals surface area contributed by atoms with Gasteiger partial charge >= 0.3 is 12.3 Å². The number of aliphatic carboxylic acids is 1. The minimum absolute atomic E-state index is 0.187. The number of aromatic nitrogens is 2. The van der Waals surface area contributed by atoms with Gasteiger partial charge in [0.25, 0.3) is 0 Å². The van der Waals surface area contributed by atoms with Crippen LogP contribution in [0.4, 0.5) is 13.2 Å². The smallest absolute Gasteiger partial charge is 0.478 e. The molecule has 146 valence electrons. The Hall–Kier alpha value is -3.00. The third-order valence-corrected chi connectivity index (χ3v) is 4.25. The molecule has 3 aromatic rings. The number of halogens is 4. The number of aryl methyl sites for hydroxylation is 1. The lowest BCUT2D eigenvalue weighted by molar-refractivity contribution is -0.274. The molecule has 0 saturated carbocycles. The molecule has 28 heavy (non-hydrogen) atoms. The maximum absolute atomic E-state index is 12.6. The van der Waals surface area contributed by atoms with Crippen LogP contribution in [0, 0.1) is 6.92 Å². The van der Waals surface area contributed by atoms with Crippen LogP contribution in [0.1, 0.15) is 16.8 Å². The van der Waals surface area contributed by atoms with Crippen molar-refractivity contribution in [2.75, 3.05) is 0 Å². The summed E-state index contributed by atoms with van der Waals surface area (Å²) in [5.74, 6) is -1.56. The van der Waals surface area contributed by atoms with Crippen LogP contribution in [0.15, 0.2) is 42.5 Å². The Balaban J connectivity index is 2.10. The number of hydrogen-bond donors (Lipinski definition) is 1. The van der Waals surface area contributed by atoms with E-state index in [0.29, 0.717) is 27.2 Å². The summed E-state index contributed by atoms with van der Waals surface area (Å²) in [7, 11) is 0. The molecule has 0 radical (unpaired) electrons. The lowest BCUT2D eigenvalue weighted by atomic mass is 10.1. The van der Waals surface area contributed by atoms with E-state index in [1.54, 1.807) is 12.1 Å². The standard InChI is InChI=1S/C19H14ClF3N2O3/c1-11-2-3-12(15(20)8-11)10-25-17-9-13(28-19(21,22)23)4-5-14(17)16(24-25)6-7-18(26)27/h2-9H,10H2,1H3,(H,26,27)/b7-6+. The molecule has 3 rings (SSSR count). The monoisotopic (exact) mass is 410 g/mol. The molecule has 0 fully saturated rings. The van der Waals surface area contributed by atoms with Crippen LogP contribution in [-0.4, -0.2) is 27.2 Å². The highest BCUT2D eigenvalue weighted by molar-refractivity contribution is 6.31. The van der Waals surface area contributed by atoms with Crippen molar-refractivity contribution in [1.82, 2.24) is 9.78 Å². The topological polar surface area (TPSA) is 64.4 Å². The first-order chi connectivity index (χ1) is 13.1. The van der Waals surface area contributed by atoms with Crippen LogP contribution >= 0.6 is 11.6 Å². The van der Waals surface area contributed by atoms with Crippen LogP contribution in [0.2, 0.25) is 5.02 Å². The Labute approximate surface area is 162 Å². The van der Waals surface area contributed by atoms with E-state index in [9.17, 15) is 18.0 Å². The van der Waals surface area contributed by atoms with Gasteiger partial charge in [0.15, 0.2) is 0 Å². The average molecular weight is 411 g/mol. The summed E-state index contributed by atoms with van der Waals surface area (Å²) in [5, 5.41) is 14.1. The van der Waals surface area contributed by atoms with Gasteiger partial charge in [0.2, 0.25) is 0 Å². The molecule has 9 heteroatoms. The largest absolute Gasteiger partial charge is 0.573 e. The Morgan fingerprint density at radius 1 is 1.29 bits per heavy atom. The first-order valence-corrected chi connectivity index (χ1v) is 8.42. The maximum atomic E-state index is 12.6. The normalized spacial score (nSPS) is 12.0. The van der Waals surface area contributed by atoms with Gasteiger partial charge in [-0.05, 0) is 42.3 Å². The van der Waals surface area contributed by atoms with Crippen molar-refractivity contribution in [2.45, 2.75) is 19.8 Å². The van der Waals surface area contributed by atoms with E-state index < -0.39 is 18.1 Å². The van der Waals surface area contributed by atoms with Gasteiger partial charge in [-0.1, -0.05) is 23.7 Å². The van der Waals surface area contributed by atoms with Gasteiger partial charge in [-0.15, -0.1) is 13.2 Å². The predicted molar refractivity (Wildman–Crippen MR) is 98.4 cm³/mol. The zero-order chi connectivity index (χ0) is 20.5. The fourth-order valence-electron chi connectivity index (χ4n) is 2.71. The van der Waals surface area contributed by atoms with E-state index in [1.165, 1.54) is 22.9 Å². The first kappa shape index (κ1) is 19.8. The molecule has 1 aromatic heterocycles. The number of fused-ring (bicyclic) bond motifs is 1. The zero-order valence-electron chi connectivity index (χ0n) is 14.5. The lowest BCUT2D eigenvalue weighted by Gasteiger charge is -2.10. The van der Waals surface area contributed by atoms with E-state index in [-0.39, 0.29) is 6.54 Å². The number of ether oxygens (including phenoxy) is 1. The Morgan fingerprint density at radius 2 is 2.04 bits per heavy atom. The minimum atomic E-state index is -4.83. The summed E-state index contributed by atoms with van der Waals surface area (Å²) >= 11 is 6.25. The Morgan fingerprint density at radius 3 is 2.68 bits per heavy atom. The maximum Gasteiger partial charge on any atom is 0.573 e. The van der Waals surface area contributed by atoms with Crippen molar-refractivity contribution < 1.29 is 27.8 Å². The highest BCUT2D eigenvalue weighted by Crippen LogP contribution is 2.30. The molecule has 0 spiro atoms. The van der Waals surface area contributed by atoms with Crippen molar-refractivity contribution in [3.8, 4) is 5.75 Å². The number of carbonyl (C=O) groups is 1. The summed E-state index contributed by atoms with van der Waals surface area (Å²) in [6, 6.07) is 9.18. The summed E-state index contributed by atoms with van der Waals surface area (Å²) < 4.78 is 43.1. The fraction of sp³-hybridized carbons (Fsp3) is 0.158. The molecule has 0 aliphatic carbocycles. The molecular weight excluding hydrogens is 397 g/mol. The number of carboxylic acid groups (broad SMARTS) is 1. The molecule has 5 nitrogen and oxygen atoms in total. The van der Waals surface area contributed by atoms with Crippen LogP contribution in [-0.2, 0) is 11.3 Å². The van der Waals surface area contributed by atoms with Crippen LogP contribution in [0.3, 0.4) is 0 Å². The van der Waals surface area contributed by atoms with E-state index in [1.807, 2.05) is 13.0 Å². The summed E-state index contributed by atoms with van der Waals surface area (Å²) in [4.78, 5) is 10.8. The third kappa shape index (κ3) is 4.64. The number of hydrogen-bond acceptors (Lipinski definition) is 3.